The van der Waals surface area contributed by atoms with Crippen molar-refractivity contribution in [3.8, 4) is 0 Å². The van der Waals surface area contributed by atoms with Crippen LogP contribution in [0.25, 0.3) is 0 Å². The first-order valence-electron chi connectivity index (χ1n) is 11.2. The molecule has 3 saturated heterocycles. The van der Waals surface area contributed by atoms with Crippen molar-refractivity contribution in [3.63, 3.8) is 0 Å². The third-order valence-electron chi connectivity index (χ3n) is 6.50. The van der Waals surface area contributed by atoms with Crippen LogP contribution in [0, 0.1) is 5.41 Å². The summed E-state index contributed by atoms with van der Waals surface area (Å²) in [6, 6.07) is 3.99. The fraction of sp³-hybridized carbons (Fsp3) is 0.682. The second-order valence-electron chi connectivity index (χ2n) is 10.4. The zero-order valence-electron chi connectivity index (χ0n) is 19.5. The molecule has 4 rings (SSSR count). The smallest absolute Gasteiger partial charge is 0.410 e. The molecule has 0 aromatic carbocycles. The molecule has 3 aliphatic rings. The van der Waals surface area contributed by atoms with Gasteiger partial charge in [-0.2, -0.15) is 0 Å². The molecule has 3 fully saturated rings. The Bertz CT molecular complexity index is 884. The fourth-order valence-electron chi connectivity index (χ4n) is 4.70. The van der Waals surface area contributed by atoms with Gasteiger partial charge in [-0.3, -0.25) is 0 Å². The van der Waals surface area contributed by atoms with E-state index in [0.29, 0.717) is 18.8 Å². The summed E-state index contributed by atoms with van der Waals surface area (Å²) in [5.41, 5.74) is 7.01. The van der Waals surface area contributed by atoms with Crippen LogP contribution in [0.15, 0.2) is 17.3 Å². The van der Waals surface area contributed by atoms with E-state index in [-0.39, 0.29) is 17.3 Å². The maximum absolute atomic E-state index is 12.4. The Morgan fingerprint density at radius 2 is 1.81 bits per heavy atom. The molecule has 0 bridgehead atoms. The SMILES string of the molecule is CN1CCN(c2cc(N3CCC4(CN(C(=O)OC(C)(C)C)C4)C3)cc(/C(N)=N/O)n2)CC1. The van der Waals surface area contributed by atoms with Crippen LogP contribution in [0.4, 0.5) is 16.3 Å². The Morgan fingerprint density at radius 3 is 2.44 bits per heavy atom. The van der Waals surface area contributed by atoms with Crippen LogP contribution < -0.4 is 15.5 Å². The molecule has 4 heterocycles. The highest BCUT2D eigenvalue weighted by Gasteiger charge is 2.50. The lowest BCUT2D eigenvalue weighted by Gasteiger charge is -2.47. The fourth-order valence-corrected chi connectivity index (χ4v) is 4.70. The van der Waals surface area contributed by atoms with Crippen LogP contribution in [-0.2, 0) is 4.74 Å². The normalized spacial score (nSPS) is 21.8. The highest BCUT2D eigenvalue weighted by Crippen LogP contribution is 2.42. The lowest BCUT2D eigenvalue weighted by atomic mass is 9.79. The Labute approximate surface area is 189 Å². The zero-order chi connectivity index (χ0) is 23.1. The number of aromatic nitrogens is 1. The van der Waals surface area contributed by atoms with Crippen LogP contribution in [-0.4, -0.2) is 96.9 Å². The summed E-state index contributed by atoms with van der Waals surface area (Å²) in [5.74, 6) is 0.859. The lowest BCUT2D eigenvalue weighted by molar-refractivity contribution is -0.0266. The van der Waals surface area contributed by atoms with E-state index in [9.17, 15) is 10.0 Å². The van der Waals surface area contributed by atoms with Crippen molar-refractivity contribution in [3.05, 3.63) is 17.8 Å². The molecule has 0 atom stereocenters. The molecule has 1 aromatic rings. The number of oxime groups is 1. The molecule has 0 aliphatic carbocycles. The largest absolute Gasteiger partial charge is 0.444 e. The number of nitrogens with two attached hydrogens (primary N) is 1. The van der Waals surface area contributed by atoms with E-state index in [1.807, 2.05) is 26.8 Å². The molecule has 32 heavy (non-hydrogen) atoms. The Balaban J connectivity index is 1.48. The second kappa shape index (κ2) is 8.31. The van der Waals surface area contributed by atoms with Crippen molar-refractivity contribution in [2.75, 3.05) is 69.2 Å². The summed E-state index contributed by atoms with van der Waals surface area (Å²) in [5, 5.41) is 12.4. The number of piperazine rings is 1. The van der Waals surface area contributed by atoms with Crippen LogP contribution in [0.1, 0.15) is 32.9 Å². The average molecular weight is 446 g/mol. The molecule has 10 nitrogen and oxygen atoms in total. The van der Waals surface area contributed by atoms with Gasteiger partial charge in [-0.05, 0) is 40.3 Å². The molecule has 3 N–H and O–H groups in total. The first kappa shape index (κ1) is 22.4. The van der Waals surface area contributed by atoms with E-state index in [0.717, 1.165) is 57.2 Å². The van der Waals surface area contributed by atoms with Crippen LogP contribution in [0.2, 0.25) is 0 Å². The minimum absolute atomic E-state index is 0.0101. The van der Waals surface area contributed by atoms with Crippen molar-refractivity contribution < 1.29 is 14.7 Å². The number of anilines is 2. The van der Waals surface area contributed by atoms with Gasteiger partial charge < -0.3 is 35.3 Å². The maximum atomic E-state index is 12.4. The van der Waals surface area contributed by atoms with E-state index in [1.165, 1.54) is 0 Å². The zero-order valence-corrected chi connectivity index (χ0v) is 19.5. The summed E-state index contributed by atoms with van der Waals surface area (Å²) in [4.78, 5) is 25.7. The molecule has 1 aromatic heterocycles. The van der Waals surface area contributed by atoms with E-state index in [4.69, 9.17) is 10.5 Å². The number of rotatable bonds is 3. The maximum Gasteiger partial charge on any atom is 0.410 e. The molecule has 0 unspecified atom stereocenters. The molecule has 0 radical (unpaired) electrons. The minimum atomic E-state index is -0.483. The number of carbonyl (C=O) groups is 1. The highest BCUT2D eigenvalue weighted by molar-refractivity contribution is 5.96. The minimum Gasteiger partial charge on any atom is -0.444 e. The molecule has 10 heteroatoms. The predicted molar refractivity (Wildman–Crippen MR) is 124 cm³/mol. The average Bonchev–Trinajstić information content (AvgIpc) is 3.17. The van der Waals surface area contributed by atoms with Gasteiger partial charge in [0, 0.05) is 69.5 Å². The van der Waals surface area contributed by atoms with E-state index >= 15 is 0 Å². The van der Waals surface area contributed by atoms with Crippen molar-refractivity contribution in [1.82, 2.24) is 14.8 Å². The summed E-state index contributed by atoms with van der Waals surface area (Å²) < 4.78 is 5.51. The van der Waals surface area contributed by atoms with Gasteiger partial charge in [0.15, 0.2) is 5.84 Å². The standard InChI is InChI=1S/C22H35N7O3/c1-21(2,3)32-20(30)29-14-22(15-29)5-6-28(13-22)16-11-17(19(23)25-31)24-18(12-16)27-9-7-26(4)8-10-27/h11-12,31H,5-10,13-15H2,1-4H3,(H2,23,25). The number of amides is 1. The van der Waals surface area contributed by atoms with Gasteiger partial charge in [0.1, 0.15) is 17.1 Å². The van der Waals surface area contributed by atoms with Crippen LogP contribution in [0.3, 0.4) is 0 Å². The van der Waals surface area contributed by atoms with E-state index < -0.39 is 5.60 Å². The third kappa shape index (κ3) is 4.69. The van der Waals surface area contributed by atoms with Gasteiger partial charge in [-0.15, -0.1) is 0 Å². The quantitative estimate of drug-likeness (QED) is 0.311. The Hall–Kier alpha value is -2.75. The van der Waals surface area contributed by atoms with E-state index in [1.54, 1.807) is 4.90 Å². The van der Waals surface area contributed by atoms with Crippen LogP contribution >= 0.6 is 0 Å². The van der Waals surface area contributed by atoms with Gasteiger partial charge in [0.05, 0.1) is 0 Å². The molecular formula is C22H35N7O3. The van der Waals surface area contributed by atoms with Gasteiger partial charge in [0.2, 0.25) is 0 Å². The molecule has 176 valence electrons. The third-order valence-corrected chi connectivity index (χ3v) is 6.50. The monoisotopic (exact) mass is 445 g/mol. The molecule has 0 saturated carbocycles. The predicted octanol–water partition coefficient (Wildman–Crippen LogP) is 1.38. The Morgan fingerprint density at radius 1 is 1.12 bits per heavy atom. The first-order valence-corrected chi connectivity index (χ1v) is 11.2. The van der Waals surface area contributed by atoms with Crippen molar-refractivity contribution >= 4 is 23.4 Å². The summed E-state index contributed by atoms with van der Waals surface area (Å²) in [7, 11) is 2.12. The number of amidine groups is 1. The Kier molecular flexibility index (Phi) is 5.83. The van der Waals surface area contributed by atoms with Gasteiger partial charge >= 0.3 is 6.09 Å². The van der Waals surface area contributed by atoms with Crippen molar-refractivity contribution in [2.24, 2.45) is 16.3 Å². The van der Waals surface area contributed by atoms with Crippen LogP contribution in [0.5, 0.6) is 0 Å². The lowest BCUT2D eigenvalue weighted by Crippen LogP contribution is -2.60. The number of ether oxygens (including phenoxy) is 1. The number of likely N-dealkylation sites (N-methyl/N-ethyl adjacent to an activating group) is 1. The molecule has 1 spiro atoms. The number of nitrogens with zero attached hydrogens (tertiary/aromatic N) is 6. The van der Waals surface area contributed by atoms with Crippen molar-refractivity contribution in [1.29, 1.82) is 0 Å². The van der Waals surface area contributed by atoms with Gasteiger partial charge in [-0.1, -0.05) is 5.16 Å². The summed E-state index contributed by atoms with van der Waals surface area (Å²) in [6.45, 7) is 12.5. The number of likely N-dealkylation sites (tertiary alicyclic amines) is 1. The number of hydrogen-bond donors (Lipinski definition) is 2. The first-order chi connectivity index (χ1) is 15.1. The molecule has 3 aliphatic heterocycles. The number of carbonyl (C=O) groups excluding carboxylic acids is 1. The molecular weight excluding hydrogens is 410 g/mol. The molecule has 1 amide bonds. The van der Waals surface area contributed by atoms with Gasteiger partial charge in [0.25, 0.3) is 0 Å². The highest BCUT2D eigenvalue weighted by atomic mass is 16.6. The van der Waals surface area contributed by atoms with Crippen molar-refractivity contribution in [2.45, 2.75) is 32.8 Å². The number of pyridine rings is 1. The second-order valence-corrected chi connectivity index (χ2v) is 10.4. The summed E-state index contributed by atoms with van der Waals surface area (Å²) >= 11 is 0. The topological polar surface area (TPSA) is 111 Å². The summed E-state index contributed by atoms with van der Waals surface area (Å²) in [6.07, 6.45) is 0.772. The number of hydrogen-bond acceptors (Lipinski definition) is 8. The van der Waals surface area contributed by atoms with E-state index in [2.05, 4.69) is 38.0 Å². The van der Waals surface area contributed by atoms with Gasteiger partial charge in [-0.25, -0.2) is 9.78 Å².